The molecule has 100 valence electrons. The fourth-order valence-electron chi connectivity index (χ4n) is 4.89. The van der Waals surface area contributed by atoms with Crippen LogP contribution in [0.15, 0.2) is 0 Å². The summed E-state index contributed by atoms with van der Waals surface area (Å²) in [7, 11) is 0. The molecule has 2 unspecified atom stereocenters. The molecule has 4 heteroatoms. The highest BCUT2D eigenvalue weighted by Gasteiger charge is 2.61. The molecule has 0 spiro atoms. The Morgan fingerprint density at radius 2 is 1.83 bits per heavy atom. The lowest BCUT2D eigenvalue weighted by Crippen LogP contribution is -2.59. The number of aliphatic hydroxyl groups is 1. The zero-order valence-corrected chi connectivity index (χ0v) is 10.8. The average Bonchev–Trinajstić information content (AvgIpc) is 2.24. The van der Waals surface area contributed by atoms with Gasteiger partial charge in [0.05, 0.1) is 12.2 Å². The van der Waals surface area contributed by atoms with Crippen molar-refractivity contribution in [2.75, 3.05) is 6.61 Å². The van der Waals surface area contributed by atoms with Gasteiger partial charge in [0.2, 0.25) is 5.78 Å². The molecule has 4 aliphatic carbocycles. The van der Waals surface area contributed by atoms with Gasteiger partial charge in [0, 0.05) is 5.41 Å². The number of esters is 1. The van der Waals surface area contributed by atoms with Gasteiger partial charge in [0.1, 0.15) is 0 Å². The SMILES string of the molecule is CCO[14C](=O)[14C](=O)C12C[C@@H]3C[C@@H](CC(O)(C3)C1)C2. The predicted molar refractivity (Wildman–Crippen MR) is 63.7 cm³/mol. The lowest BCUT2D eigenvalue weighted by atomic mass is 9.51. The highest BCUT2D eigenvalue weighted by Crippen LogP contribution is 2.61. The van der Waals surface area contributed by atoms with Gasteiger partial charge in [-0.25, -0.2) is 4.79 Å². The third kappa shape index (κ3) is 1.69. The van der Waals surface area contributed by atoms with Crippen molar-refractivity contribution in [1.29, 1.82) is 0 Å². The van der Waals surface area contributed by atoms with Gasteiger partial charge in [-0.3, -0.25) is 4.79 Å². The van der Waals surface area contributed by atoms with Crippen molar-refractivity contribution in [3.8, 4) is 0 Å². The van der Waals surface area contributed by atoms with Gasteiger partial charge in [0.25, 0.3) is 0 Å². The summed E-state index contributed by atoms with van der Waals surface area (Å²) in [5.74, 6) is -0.274. The summed E-state index contributed by atoms with van der Waals surface area (Å²) in [6, 6.07) is 0. The number of carbonyl (C=O) groups is 2. The number of carbonyl (C=O) groups excluding carboxylic acids is 2. The summed E-state index contributed by atoms with van der Waals surface area (Å²) in [4.78, 5) is 24.1. The van der Waals surface area contributed by atoms with Crippen LogP contribution in [0.3, 0.4) is 0 Å². The van der Waals surface area contributed by atoms with E-state index in [-0.39, 0.29) is 6.61 Å². The first kappa shape index (κ1) is 12.2. The molecule has 0 radical (unpaired) electrons. The molecule has 0 saturated heterocycles. The van der Waals surface area contributed by atoms with Crippen molar-refractivity contribution < 1.29 is 19.4 Å². The maximum Gasteiger partial charge on any atom is 0.375 e. The molecule has 18 heavy (non-hydrogen) atoms. The zero-order valence-electron chi connectivity index (χ0n) is 10.8. The number of hydrogen-bond acceptors (Lipinski definition) is 4. The predicted octanol–water partition coefficient (Wildman–Crippen LogP) is 1.45. The van der Waals surface area contributed by atoms with Crippen LogP contribution in [0.1, 0.15) is 45.4 Å². The minimum atomic E-state index is -0.706. The van der Waals surface area contributed by atoms with E-state index in [9.17, 15) is 14.7 Å². The molecule has 1 N–H and O–H groups in total. The Hall–Kier alpha value is -0.900. The Bertz CT molecular complexity index is 387. The van der Waals surface area contributed by atoms with Crippen LogP contribution >= 0.6 is 0 Å². The summed E-state index contributed by atoms with van der Waals surface area (Å²) in [5.41, 5.74) is -1.32. The molecule has 4 atom stereocenters. The van der Waals surface area contributed by atoms with Crippen LogP contribution in [0, 0.1) is 17.3 Å². The summed E-state index contributed by atoms with van der Waals surface area (Å²) in [5, 5.41) is 10.5. The standard InChI is InChI=1S/C14H20O4/c1-2-18-12(16)11(15)13-4-9-3-10(5-13)7-14(17,6-9)8-13/h9-10,17H,2-8H2,1H3/t9-,10+,13?,14?/i11+2,12+2. The molecule has 0 heterocycles. The summed E-state index contributed by atoms with van der Waals surface area (Å²) >= 11 is 0. The quantitative estimate of drug-likeness (QED) is 0.613. The largest absolute Gasteiger partial charge is 0.460 e. The van der Waals surface area contributed by atoms with E-state index in [2.05, 4.69) is 0 Å². The van der Waals surface area contributed by atoms with E-state index >= 15 is 0 Å². The van der Waals surface area contributed by atoms with Gasteiger partial charge in [-0.05, 0) is 57.3 Å². The van der Waals surface area contributed by atoms with E-state index in [4.69, 9.17) is 4.74 Å². The zero-order chi connectivity index (χ0) is 13.0. The normalized spacial score (nSPS) is 45.0. The molecular weight excluding hydrogens is 236 g/mol. The van der Waals surface area contributed by atoms with Crippen molar-refractivity contribution in [2.24, 2.45) is 17.3 Å². The Labute approximate surface area is 107 Å². The van der Waals surface area contributed by atoms with Gasteiger partial charge in [-0.15, -0.1) is 0 Å². The Morgan fingerprint density at radius 1 is 1.22 bits per heavy atom. The summed E-state index contributed by atoms with van der Waals surface area (Å²) < 4.78 is 4.86. The van der Waals surface area contributed by atoms with Gasteiger partial charge < -0.3 is 9.84 Å². The fraction of sp³-hybridized carbons (Fsp3) is 0.857. The molecule has 0 aliphatic heterocycles. The van der Waals surface area contributed by atoms with Gasteiger partial charge in [-0.1, -0.05) is 0 Å². The highest BCUT2D eigenvalue weighted by atomic mass is 16.8. The van der Waals surface area contributed by atoms with Crippen LogP contribution in [0.2, 0.25) is 0 Å². The second kappa shape index (κ2) is 3.80. The molecule has 4 nitrogen and oxygen atoms in total. The van der Waals surface area contributed by atoms with E-state index in [1.165, 1.54) is 0 Å². The van der Waals surface area contributed by atoms with Crippen molar-refractivity contribution in [3.63, 3.8) is 0 Å². The third-order valence-electron chi connectivity index (χ3n) is 4.97. The van der Waals surface area contributed by atoms with E-state index in [1.54, 1.807) is 6.92 Å². The Morgan fingerprint density at radius 3 is 2.33 bits per heavy atom. The van der Waals surface area contributed by atoms with E-state index in [0.717, 1.165) is 32.1 Å². The second-order valence-corrected chi connectivity index (χ2v) is 6.52. The number of hydrogen-bond donors (Lipinski definition) is 1. The average molecular weight is 256 g/mol. The molecule has 4 saturated carbocycles. The smallest absolute Gasteiger partial charge is 0.375 e. The molecule has 0 aromatic heterocycles. The first-order valence-corrected chi connectivity index (χ1v) is 6.90. The molecule has 4 bridgehead atoms. The lowest BCUT2D eigenvalue weighted by molar-refractivity contribution is -0.184. The van der Waals surface area contributed by atoms with Crippen LogP contribution in [-0.2, 0) is 14.3 Å². The number of ketones is 1. The molecule has 4 rings (SSSR count). The van der Waals surface area contributed by atoms with Crippen molar-refractivity contribution in [2.45, 2.75) is 51.0 Å². The first-order chi connectivity index (χ1) is 8.46. The Balaban J connectivity index is 1.87. The summed E-state index contributed by atoms with van der Waals surface area (Å²) in [6.45, 7) is 1.94. The van der Waals surface area contributed by atoms with Gasteiger partial charge in [0.15, 0.2) is 0 Å². The minimum absolute atomic E-state index is 0.234. The third-order valence-corrected chi connectivity index (χ3v) is 4.97. The first-order valence-electron chi connectivity index (χ1n) is 6.90. The topological polar surface area (TPSA) is 63.6 Å². The van der Waals surface area contributed by atoms with E-state index in [0.29, 0.717) is 18.3 Å². The number of Topliss-reactive ketones (excluding diaryl/α,β-unsaturated/α-hetero) is 1. The van der Waals surface area contributed by atoms with Gasteiger partial charge in [-0.2, -0.15) is 0 Å². The van der Waals surface area contributed by atoms with E-state index < -0.39 is 22.8 Å². The molecule has 4 fully saturated rings. The molecule has 0 amide bonds. The monoisotopic (exact) mass is 256 g/mol. The van der Waals surface area contributed by atoms with E-state index in [1.807, 2.05) is 0 Å². The van der Waals surface area contributed by atoms with Crippen molar-refractivity contribution in [3.05, 3.63) is 0 Å². The van der Waals surface area contributed by atoms with Crippen molar-refractivity contribution >= 4 is 11.8 Å². The fourth-order valence-corrected chi connectivity index (χ4v) is 4.89. The Kier molecular flexibility index (Phi) is 2.56. The van der Waals surface area contributed by atoms with Crippen LogP contribution in [0.5, 0.6) is 0 Å². The van der Waals surface area contributed by atoms with Crippen LogP contribution in [-0.4, -0.2) is 29.1 Å². The summed E-state index contributed by atoms with van der Waals surface area (Å²) in [6.07, 6.45) is 4.72. The maximum absolute atomic E-state index is 12.3. The highest BCUT2D eigenvalue weighted by molar-refractivity contribution is 6.35. The maximum atomic E-state index is 12.3. The number of rotatable bonds is 3. The lowest BCUT2D eigenvalue weighted by Gasteiger charge is -2.59. The molecule has 0 aromatic rings. The number of ether oxygens (including phenoxy) is 1. The van der Waals surface area contributed by atoms with Crippen LogP contribution < -0.4 is 0 Å². The minimum Gasteiger partial charge on any atom is -0.460 e. The molecule has 4 aliphatic rings. The molecular formula is C14H20O4. The van der Waals surface area contributed by atoms with Crippen molar-refractivity contribution in [1.82, 2.24) is 0 Å². The van der Waals surface area contributed by atoms with Gasteiger partial charge >= 0.3 is 5.97 Å². The molecule has 0 aromatic carbocycles. The van der Waals surface area contributed by atoms with Crippen LogP contribution in [0.25, 0.3) is 0 Å². The van der Waals surface area contributed by atoms with Crippen LogP contribution in [0.4, 0.5) is 0 Å². The second-order valence-electron chi connectivity index (χ2n) is 6.52.